The minimum atomic E-state index is -0.886. The second-order valence-electron chi connectivity index (χ2n) is 8.42. The molecule has 0 saturated carbocycles. The number of rotatable bonds is 9. The Hall–Kier alpha value is -4.02. The molecule has 1 atom stereocenters. The molecule has 0 aromatic heterocycles. The SMILES string of the molecule is C=CCOc1ccc(C(O)=C2C(=O)C(=O)N(CCN3CCOCC3)[C@H]2c2ccc([N+](=O)[O-])cc2)cc1. The maximum absolute atomic E-state index is 13.2. The number of carbonyl (C=O) groups excluding carboxylic acids is 2. The fourth-order valence-corrected chi connectivity index (χ4v) is 4.33. The van der Waals surface area contributed by atoms with Gasteiger partial charge in [-0.2, -0.15) is 0 Å². The first kappa shape index (κ1) is 25.1. The molecule has 2 aliphatic rings. The Morgan fingerprint density at radius 1 is 1.11 bits per heavy atom. The number of likely N-dealkylation sites (tertiary alicyclic amines) is 1. The molecule has 0 bridgehead atoms. The predicted molar refractivity (Wildman–Crippen MR) is 131 cm³/mol. The number of benzene rings is 2. The summed E-state index contributed by atoms with van der Waals surface area (Å²) in [5.41, 5.74) is 0.669. The Morgan fingerprint density at radius 2 is 1.78 bits per heavy atom. The number of Topliss-reactive ketones (excluding diaryl/α,β-unsaturated/α-hetero) is 1. The molecule has 0 unspecified atom stereocenters. The van der Waals surface area contributed by atoms with Gasteiger partial charge < -0.3 is 19.5 Å². The summed E-state index contributed by atoms with van der Waals surface area (Å²) in [5.74, 6) is -1.28. The third-order valence-electron chi connectivity index (χ3n) is 6.22. The molecule has 2 heterocycles. The number of ether oxygens (including phenoxy) is 2. The van der Waals surface area contributed by atoms with Crippen LogP contribution in [0.15, 0.2) is 66.8 Å². The molecule has 0 aliphatic carbocycles. The molecular formula is C26H27N3O7. The number of nitro groups is 1. The van der Waals surface area contributed by atoms with E-state index in [9.17, 15) is 24.8 Å². The smallest absolute Gasteiger partial charge is 0.295 e. The lowest BCUT2D eigenvalue weighted by Crippen LogP contribution is -2.42. The number of aliphatic hydroxyl groups is 1. The summed E-state index contributed by atoms with van der Waals surface area (Å²) in [5, 5.41) is 22.3. The zero-order valence-corrected chi connectivity index (χ0v) is 19.7. The third kappa shape index (κ3) is 5.29. The molecule has 10 nitrogen and oxygen atoms in total. The van der Waals surface area contributed by atoms with Crippen molar-refractivity contribution in [1.29, 1.82) is 0 Å². The first-order valence-corrected chi connectivity index (χ1v) is 11.6. The van der Waals surface area contributed by atoms with Gasteiger partial charge >= 0.3 is 0 Å². The summed E-state index contributed by atoms with van der Waals surface area (Å²) in [6.07, 6.45) is 1.61. The summed E-state index contributed by atoms with van der Waals surface area (Å²) in [7, 11) is 0. The van der Waals surface area contributed by atoms with Crippen molar-refractivity contribution in [3.63, 3.8) is 0 Å². The Labute approximate surface area is 208 Å². The lowest BCUT2D eigenvalue weighted by molar-refractivity contribution is -0.384. The maximum atomic E-state index is 13.2. The van der Waals surface area contributed by atoms with Crippen molar-refractivity contribution >= 4 is 23.1 Å². The highest BCUT2D eigenvalue weighted by Gasteiger charge is 2.46. The van der Waals surface area contributed by atoms with E-state index < -0.39 is 22.7 Å². The number of hydrogen-bond acceptors (Lipinski definition) is 8. The average Bonchev–Trinajstić information content (AvgIpc) is 3.16. The van der Waals surface area contributed by atoms with E-state index in [2.05, 4.69) is 11.5 Å². The third-order valence-corrected chi connectivity index (χ3v) is 6.22. The van der Waals surface area contributed by atoms with Gasteiger partial charge in [0, 0.05) is 43.9 Å². The first-order valence-electron chi connectivity index (χ1n) is 11.6. The van der Waals surface area contributed by atoms with E-state index in [1.165, 1.54) is 29.2 Å². The molecule has 188 valence electrons. The van der Waals surface area contributed by atoms with Gasteiger partial charge in [-0.05, 0) is 42.0 Å². The zero-order chi connectivity index (χ0) is 25.7. The minimum absolute atomic E-state index is 0.0596. The molecule has 0 radical (unpaired) electrons. The molecule has 10 heteroatoms. The van der Waals surface area contributed by atoms with Crippen molar-refractivity contribution in [2.45, 2.75) is 6.04 Å². The van der Waals surface area contributed by atoms with Crippen molar-refractivity contribution in [2.75, 3.05) is 46.0 Å². The predicted octanol–water partition coefficient (Wildman–Crippen LogP) is 2.91. The average molecular weight is 494 g/mol. The van der Waals surface area contributed by atoms with Crippen molar-refractivity contribution in [3.8, 4) is 5.75 Å². The number of nitro benzene ring substituents is 1. The molecule has 1 N–H and O–H groups in total. The molecule has 2 fully saturated rings. The van der Waals surface area contributed by atoms with Crippen LogP contribution in [-0.2, 0) is 14.3 Å². The number of aliphatic hydroxyl groups excluding tert-OH is 1. The Morgan fingerprint density at radius 3 is 2.39 bits per heavy atom. The molecule has 0 spiro atoms. The molecule has 2 aromatic carbocycles. The summed E-state index contributed by atoms with van der Waals surface area (Å²) >= 11 is 0. The fraction of sp³-hybridized carbons (Fsp3) is 0.308. The quantitative estimate of drug-likeness (QED) is 0.141. The van der Waals surface area contributed by atoms with Crippen LogP contribution in [0.3, 0.4) is 0 Å². The van der Waals surface area contributed by atoms with E-state index in [4.69, 9.17) is 9.47 Å². The lowest BCUT2D eigenvalue weighted by atomic mass is 9.95. The molecule has 2 aliphatic heterocycles. The van der Waals surface area contributed by atoms with Crippen LogP contribution in [0.25, 0.3) is 5.76 Å². The Bertz CT molecular complexity index is 1170. The Kier molecular flexibility index (Phi) is 7.77. The van der Waals surface area contributed by atoms with Crippen LogP contribution >= 0.6 is 0 Å². The minimum Gasteiger partial charge on any atom is -0.507 e. The highest BCUT2D eigenvalue weighted by molar-refractivity contribution is 6.46. The van der Waals surface area contributed by atoms with Crippen molar-refractivity contribution in [3.05, 3.63) is 88.0 Å². The summed E-state index contributed by atoms with van der Waals surface area (Å²) in [6.45, 7) is 7.31. The monoisotopic (exact) mass is 493 g/mol. The molecule has 2 aromatic rings. The maximum Gasteiger partial charge on any atom is 0.295 e. The van der Waals surface area contributed by atoms with Gasteiger partial charge in [0.1, 0.15) is 18.1 Å². The second kappa shape index (κ2) is 11.1. The van der Waals surface area contributed by atoms with Crippen molar-refractivity contribution < 1.29 is 29.1 Å². The van der Waals surface area contributed by atoms with Crippen LogP contribution in [0.4, 0.5) is 5.69 Å². The lowest BCUT2D eigenvalue weighted by Gasteiger charge is -2.31. The summed E-state index contributed by atoms with van der Waals surface area (Å²) < 4.78 is 10.8. The van der Waals surface area contributed by atoms with E-state index >= 15 is 0 Å². The number of non-ortho nitro benzene ring substituents is 1. The molecule has 4 rings (SSSR count). The number of morpholine rings is 1. The van der Waals surface area contributed by atoms with Gasteiger partial charge in [0.2, 0.25) is 0 Å². The van der Waals surface area contributed by atoms with Gasteiger partial charge in [0.05, 0.1) is 29.8 Å². The van der Waals surface area contributed by atoms with Gasteiger partial charge in [0.25, 0.3) is 17.4 Å². The van der Waals surface area contributed by atoms with Gasteiger partial charge in [-0.25, -0.2) is 0 Å². The van der Waals surface area contributed by atoms with E-state index in [1.807, 2.05) is 0 Å². The molecule has 2 saturated heterocycles. The Balaban J connectivity index is 1.70. The van der Waals surface area contributed by atoms with Gasteiger partial charge in [0.15, 0.2) is 0 Å². The van der Waals surface area contributed by atoms with Gasteiger partial charge in [-0.15, -0.1) is 0 Å². The first-order chi connectivity index (χ1) is 17.4. The normalized spacial score (nSPS) is 19.9. The van der Waals surface area contributed by atoms with E-state index in [-0.39, 0.29) is 23.6 Å². The van der Waals surface area contributed by atoms with E-state index in [0.717, 1.165) is 0 Å². The fourth-order valence-electron chi connectivity index (χ4n) is 4.33. The molecule has 36 heavy (non-hydrogen) atoms. The largest absolute Gasteiger partial charge is 0.507 e. The topological polar surface area (TPSA) is 122 Å². The van der Waals surface area contributed by atoms with Crippen molar-refractivity contribution in [2.24, 2.45) is 0 Å². The van der Waals surface area contributed by atoms with Crippen LogP contribution in [-0.4, -0.2) is 77.5 Å². The second-order valence-corrected chi connectivity index (χ2v) is 8.42. The van der Waals surface area contributed by atoms with Crippen molar-refractivity contribution in [1.82, 2.24) is 9.80 Å². The number of amides is 1. The summed E-state index contributed by atoms with van der Waals surface area (Å²) in [4.78, 5) is 40.4. The molecular weight excluding hydrogens is 466 g/mol. The number of carbonyl (C=O) groups is 2. The standard InChI is InChI=1S/C26H27N3O7/c1-2-15-36-21-9-5-19(6-10-21)24(30)22-23(18-3-7-20(8-4-18)29(33)34)28(26(32)25(22)31)12-11-27-13-16-35-17-14-27/h2-10,23,30H,1,11-17H2/t23-/m0/s1. The van der Waals surface area contributed by atoms with E-state index in [1.54, 1.807) is 30.3 Å². The van der Waals surface area contributed by atoms with Crippen LogP contribution in [0.5, 0.6) is 5.75 Å². The number of nitrogens with zero attached hydrogens (tertiary/aromatic N) is 3. The van der Waals surface area contributed by atoms with Crippen LogP contribution in [0.1, 0.15) is 17.2 Å². The number of hydrogen-bond donors (Lipinski definition) is 1. The van der Waals surface area contributed by atoms with Crippen LogP contribution in [0, 0.1) is 10.1 Å². The van der Waals surface area contributed by atoms with E-state index in [0.29, 0.717) is 56.3 Å². The zero-order valence-electron chi connectivity index (χ0n) is 19.7. The van der Waals surface area contributed by atoms with Crippen LogP contribution < -0.4 is 4.74 Å². The van der Waals surface area contributed by atoms with Gasteiger partial charge in [-0.3, -0.25) is 24.6 Å². The highest BCUT2D eigenvalue weighted by atomic mass is 16.6. The van der Waals surface area contributed by atoms with Gasteiger partial charge in [-0.1, -0.05) is 12.7 Å². The van der Waals surface area contributed by atoms with Crippen LogP contribution in [0.2, 0.25) is 0 Å². The number of ketones is 1. The summed E-state index contributed by atoms with van der Waals surface area (Å²) in [6, 6.07) is 11.3. The molecule has 1 amide bonds. The highest BCUT2D eigenvalue weighted by Crippen LogP contribution is 2.39.